The van der Waals surface area contributed by atoms with Gasteiger partial charge in [-0.3, -0.25) is 0 Å². The third-order valence-electron chi connectivity index (χ3n) is 10.0. The predicted octanol–water partition coefficient (Wildman–Crippen LogP) is 14.3. The Morgan fingerprint density at radius 2 is 0.940 bits per heavy atom. The molecule has 0 aliphatic heterocycles. The van der Waals surface area contributed by atoms with Gasteiger partial charge in [-0.1, -0.05) is 152 Å². The summed E-state index contributed by atoms with van der Waals surface area (Å²) in [5.41, 5.74) is 8.24. The first-order valence-corrected chi connectivity index (χ1v) is 17.9. The van der Waals surface area contributed by atoms with Crippen LogP contribution < -0.4 is 4.90 Å². The van der Waals surface area contributed by atoms with Gasteiger partial charge in [-0.05, 0) is 85.6 Å². The van der Waals surface area contributed by atoms with Gasteiger partial charge in [-0.15, -0.1) is 11.3 Å². The molecule has 50 heavy (non-hydrogen) atoms. The van der Waals surface area contributed by atoms with Gasteiger partial charge in [-0.2, -0.15) is 0 Å². The van der Waals surface area contributed by atoms with Gasteiger partial charge in [0, 0.05) is 36.9 Å². The van der Waals surface area contributed by atoms with E-state index >= 15 is 0 Å². The van der Waals surface area contributed by atoms with Gasteiger partial charge in [-0.25, -0.2) is 0 Å². The highest BCUT2D eigenvalue weighted by Crippen LogP contribution is 2.44. The molecule has 0 atom stereocenters. The summed E-state index contributed by atoms with van der Waals surface area (Å²) in [6.45, 7) is 0. The molecule has 0 amide bonds. The molecular formula is C48H31NS. The lowest BCUT2D eigenvalue weighted by molar-refractivity contribution is 1.30. The van der Waals surface area contributed by atoms with Gasteiger partial charge in [0.05, 0.1) is 5.69 Å². The van der Waals surface area contributed by atoms with Crippen LogP contribution in [0.5, 0.6) is 0 Å². The Morgan fingerprint density at radius 1 is 0.320 bits per heavy atom. The third-order valence-corrected chi connectivity index (χ3v) is 11.2. The molecule has 0 saturated carbocycles. The van der Waals surface area contributed by atoms with Gasteiger partial charge in [0.15, 0.2) is 0 Å². The predicted molar refractivity (Wildman–Crippen MR) is 217 cm³/mol. The Bertz CT molecular complexity index is 2870. The summed E-state index contributed by atoms with van der Waals surface area (Å²) in [5, 5.41) is 10.3. The number of hydrogen-bond acceptors (Lipinski definition) is 2. The molecule has 234 valence electrons. The number of nitrogens with zero attached hydrogens (tertiary/aromatic N) is 1. The maximum Gasteiger partial charge on any atom is 0.0546 e. The third kappa shape index (κ3) is 4.76. The molecule has 0 spiro atoms. The fourth-order valence-electron chi connectivity index (χ4n) is 7.59. The average Bonchev–Trinajstić information content (AvgIpc) is 3.57. The molecule has 1 heterocycles. The van der Waals surface area contributed by atoms with Crippen molar-refractivity contribution in [2.24, 2.45) is 0 Å². The minimum Gasteiger partial charge on any atom is -0.310 e. The lowest BCUT2D eigenvalue weighted by atomic mass is 9.98. The zero-order valence-corrected chi connectivity index (χ0v) is 28.1. The number of thiophene rings is 1. The first-order valence-electron chi connectivity index (χ1n) is 17.1. The highest BCUT2D eigenvalue weighted by atomic mass is 32.1. The second-order valence-electron chi connectivity index (χ2n) is 12.9. The molecule has 0 radical (unpaired) electrons. The van der Waals surface area contributed by atoms with Gasteiger partial charge in [0.1, 0.15) is 0 Å². The van der Waals surface area contributed by atoms with E-state index in [9.17, 15) is 0 Å². The van der Waals surface area contributed by atoms with Gasteiger partial charge < -0.3 is 4.90 Å². The summed E-state index contributed by atoms with van der Waals surface area (Å²) >= 11 is 1.90. The van der Waals surface area contributed by atoms with Crippen LogP contribution >= 0.6 is 11.3 Å². The summed E-state index contributed by atoms with van der Waals surface area (Å²) in [5.74, 6) is 0. The standard InChI is InChI=1S/C48H31NS/c1-2-11-32(12-3-1)35-15-10-16-39(29-35)49(46-30-37-14-5-6-17-40(37)42-19-8-9-20-43(42)46)38-25-21-33(22-26-38)36-24-27-44-45-28-23-34-13-4-7-18-41(34)48(45)50-47(44)31-36/h1-31H. The van der Waals surface area contributed by atoms with Gasteiger partial charge >= 0.3 is 0 Å². The van der Waals surface area contributed by atoms with Crippen LogP contribution in [0.1, 0.15) is 0 Å². The molecular weight excluding hydrogens is 623 g/mol. The van der Waals surface area contributed by atoms with E-state index in [1.165, 1.54) is 74.7 Å². The molecule has 0 fully saturated rings. The maximum absolute atomic E-state index is 2.42. The Labute approximate surface area is 294 Å². The molecule has 10 rings (SSSR count). The summed E-state index contributed by atoms with van der Waals surface area (Å²) in [6.07, 6.45) is 0. The summed E-state index contributed by atoms with van der Waals surface area (Å²) in [4.78, 5) is 2.42. The smallest absolute Gasteiger partial charge is 0.0546 e. The zero-order valence-electron chi connectivity index (χ0n) is 27.3. The first kappa shape index (κ1) is 28.8. The zero-order chi connectivity index (χ0) is 33.0. The van der Waals surface area contributed by atoms with Crippen molar-refractivity contribution >= 4 is 80.9 Å². The van der Waals surface area contributed by atoms with Crippen molar-refractivity contribution in [2.75, 3.05) is 4.90 Å². The molecule has 0 bridgehead atoms. The normalized spacial score (nSPS) is 11.6. The van der Waals surface area contributed by atoms with Crippen LogP contribution in [0.4, 0.5) is 17.1 Å². The largest absolute Gasteiger partial charge is 0.310 e. The lowest BCUT2D eigenvalue weighted by Crippen LogP contribution is -2.10. The number of anilines is 3. The van der Waals surface area contributed by atoms with E-state index < -0.39 is 0 Å². The molecule has 0 aliphatic carbocycles. The van der Waals surface area contributed by atoms with Crippen LogP contribution in [-0.4, -0.2) is 0 Å². The average molecular weight is 654 g/mol. The van der Waals surface area contributed by atoms with E-state index in [0.717, 1.165) is 17.1 Å². The molecule has 1 nitrogen and oxygen atoms in total. The van der Waals surface area contributed by atoms with E-state index in [1.54, 1.807) is 0 Å². The van der Waals surface area contributed by atoms with Crippen molar-refractivity contribution < 1.29 is 0 Å². The van der Waals surface area contributed by atoms with Crippen LogP contribution in [0.25, 0.3) is 74.7 Å². The summed E-state index contributed by atoms with van der Waals surface area (Å²) in [6, 6.07) is 68.7. The van der Waals surface area contributed by atoms with E-state index in [4.69, 9.17) is 0 Å². The lowest BCUT2D eigenvalue weighted by Gasteiger charge is -2.28. The van der Waals surface area contributed by atoms with Crippen molar-refractivity contribution in [1.82, 2.24) is 0 Å². The number of benzene rings is 9. The minimum atomic E-state index is 1.12. The van der Waals surface area contributed by atoms with Gasteiger partial charge in [0.2, 0.25) is 0 Å². The van der Waals surface area contributed by atoms with Crippen molar-refractivity contribution in [2.45, 2.75) is 0 Å². The van der Waals surface area contributed by atoms with E-state index in [2.05, 4.69) is 193 Å². The van der Waals surface area contributed by atoms with Crippen LogP contribution in [0.15, 0.2) is 188 Å². The maximum atomic E-state index is 2.42. The van der Waals surface area contributed by atoms with Crippen LogP contribution in [0.3, 0.4) is 0 Å². The van der Waals surface area contributed by atoms with Gasteiger partial charge in [0.25, 0.3) is 0 Å². The molecule has 0 unspecified atom stereocenters. The van der Waals surface area contributed by atoms with Crippen molar-refractivity contribution in [3.05, 3.63) is 188 Å². The Hall–Kier alpha value is -6.22. The topological polar surface area (TPSA) is 3.24 Å². The second kappa shape index (κ2) is 11.7. The summed E-state index contributed by atoms with van der Waals surface area (Å²) in [7, 11) is 0. The van der Waals surface area contributed by atoms with Crippen LogP contribution in [0.2, 0.25) is 0 Å². The molecule has 0 N–H and O–H groups in total. The van der Waals surface area contributed by atoms with Crippen molar-refractivity contribution in [1.29, 1.82) is 0 Å². The number of hydrogen-bond donors (Lipinski definition) is 0. The molecule has 1 aromatic heterocycles. The first-order chi connectivity index (χ1) is 24.8. The SMILES string of the molecule is c1ccc(-c2cccc(N(c3ccc(-c4ccc5c(c4)sc4c6ccccc6ccc54)cc3)c3cc4ccccc4c4ccccc34)c2)cc1. The van der Waals surface area contributed by atoms with E-state index in [1.807, 2.05) is 11.3 Å². The fraction of sp³-hybridized carbons (Fsp3) is 0. The monoisotopic (exact) mass is 653 g/mol. The molecule has 10 aromatic rings. The Balaban J connectivity index is 1.12. The highest BCUT2D eigenvalue weighted by molar-refractivity contribution is 7.26. The second-order valence-corrected chi connectivity index (χ2v) is 14.0. The van der Waals surface area contributed by atoms with E-state index in [0.29, 0.717) is 0 Å². The summed E-state index contributed by atoms with van der Waals surface area (Å²) < 4.78 is 2.68. The fourth-order valence-corrected chi connectivity index (χ4v) is 8.87. The van der Waals surface area contributed by atoms with Crippen LogP contribution in [0, 0.1) is 0 Å². The quantitative estimate of drug-likeness (QED) is 0.167. The van der Waals surface area contributed by atoms with E-state index in [-0.39, 0.29) is 0 Å². The minimum absolute atomic E-state index is 1.12. The Kier molecular flexibility index (Phi) is 6.75. The molecule has 0 aliphatic rings. The molecule has 9 aromatic carbocycles. The Morgan fingerprint density at radius 3 is 1.78 bits per heavy atom. The van der Waals surface area contributed by atoms with Crippen molar-refractivity contribution in [3.8, 4) is 22.3 Å². The highest BCUT2D eigenvalue weighted by Gasteiger charge is 2.18. The molecule has 0 saturated heterocycles. The number of rotatable bonds is 5. The van der Waals surface area contributed by atoms with Crippen molar-refractivity contribution in [3.63, 3.8) is 0 Å². The number of fused-ring (bicyclic) bond motifs is 8. The molecule has 2 heteroatoms. The van der Waals surface area contributed by atoms with Crippen LogP contribution in [-0.2, 0) is 0 Å².